The van der Waals surface area contributed by atoms with Crippen molar-refractivity contribution in [3.05, 3.63) is 46.0 Å². The summed E-state index contributed by atoms with van der Waals surface area (Å²) in [6.45, 7) is 1.11. The van der Waals surface area contributed by atoms with Gasteiger partial charge >= 0.3 is 0 Å². The monoisotopic (exact) mass is 296 g/mol. The number of hydrogen-bond acceptors (Lipinski definition) is 4. The maximum Gasteiger partial charge on any atom is 0.257 e. The van der Waals surface area contributed by atoms with E-state index in [1.807, 2.05) is 0 Å². The standard InChI is InChI=1S/C13H10F2N2O2S/c14-8-2-1-7(5-9(8)15)12(18)17-13-16-10-3-4-19-6-11(10)20-13/h1-2,5H,3-4,6H2,(H,16,17,18). The molecule has 0 radical (unpaired) electrons. The van der Waals surface area contributed by atoms with Gasteiger partial charge in [0.1, 0.15) is 0 Å². The molecule has 0 atom stereocenters. The highest BCUT2D eigenvalue weighted by Crippen LogP contribution is 2.27. The van der Waals surface area contributed by atoms with Crippen molar-refractivity contribution in [2.45, 2.75) is 13.0 Å². The summed E-state index contributed by atoms with van der Waals surface area (Å²) in [6, 6.07) is 3.01. The number of anilines is 1. The zero-order chi connectivity index (χ0) is 14.1. The zero-order valence-corrected chi connectivity index (χ0v) is 11.1. The van der Waals surface area contributed by atoms with E-state index in [0.29, 0.717) is 24.8 Å². The predicted octanol–water partition coefficient (Wildman–Crippen LogP) is 2.75. The molecule has 0 unspecified atom stereocenters. The summed E-state index contributed by atoms with van der Waals surface area (Å²) in [5.41, 5.74) is 0.968. The van der Waals surface area contributed by atoms with Gasteiger partial charge in [0.25, 0.3) is 5.91 Å². The Morgan fingerprint density at radius 2 is 2.20 bits per heavy atom. The number of benzene rings is 1. The second kappa shape index (κ2) is 5.26. The van der Waals surface area contributed by atoms with Crippen LogP contribution in [0.4, 0.5) is 13.9 Å². The Kier molecular flexibility index (Phi) is 3.45. The lowest BCUT2D eigenvalue weighted by Gasteiger charge is -2.08. The van der Waals surface area contributed by atoms with Crippen LogP contribution in [0.3, 0.4) is 0 Å². The van der Waals surface area contributed by atoms with Crippen LogP contribution in [-0.2, 0) is 17.8 Å². The van der Waals surface area contributed by atoms with Crippen LogP contribution in [-0.4, -0.2) is 17.5 Å². The Morgan fingerprint density at radius 1 is 1.35 bits per heavy atom. The average Bonchev–Trinajstić information content (AvgIpc) is 2.83. The van der Waals surface area contributed by atoms with E-state index in [9.17, 15) is 13.6 Å². The van der Waals surface area contributed by atoms with Gasteiger partial charge in [-0.05, 0) is 18.2 Å². The molecule has 1 amide bonds. The summed E-state index contributed by atoms with van der Waals surface area (Å²) in [5.74, 6) is -2.55. The van der Waals surface area contributed by atoms with Crippen molar-refractivity contribution >= 4 is 22.4 Å². The number of nitrogens with zero attached hydrogens (tertiary/aromatic N) is 1. The van der Waals surface area contributed by atoms with Crippen LogP contribution >= 0.6 is 11.3 Å². The quantitative estimate of drug-likeness (QED) is 0.927. The van der Waals surface area contributed by atoms with Gasteiger partial charge in [0.2, 0.25) is 0 Å². The fourth-order valence-electron chi connectivity index (χ4n) is 1.89. The molecular formula is C13H10F2N2O2S. The molecule has 2 heterocycles. The SMILES string of the molecule is O=C(Nc1nc2c(s1)COCC2)c1ccc(F)c(F)c1. The van der Waals surface area contributed by atoms with Crippen LogP contribution in [0.25, 0.3) is 0 Å². The fraction of sp³-hybridized carbons (Fsp3) is 0.231. The van der Waals surface area contributed by atoms with Crippen molar-refractivity contribution in [1.29, 1.82) is 0 Å². The highest BCUT2D eigenvalue weighted by Gasteiger charge is 2.17. The number of ether oxygens (including phenoxy) is 1. The van der Waals surface area contributed by atoms with Crippen molar-refractivity contribution in [2.24, 2.45) is 0 Å². The van der Waals surface area contributed by atoms with Gasteiger partial charge in [0, 0.05) is 12.0 Å². The van der Waals surface area contributed by atoms with Crippen LogP contribution in [0.5, 0.6) is 0 Å². The number of halogens is 2. The van der Waals surface area contributed by atoms with Crippen molar-refractivity contribution in [3.63, 3.8) is 0 Å². The van der Waals surface area contributed by atoms with Gasteiger partial charge < -0.3 is 4.74 Å². The molecule has 0 bridgehead atoms. The van der Waals surface area contributed by atoms with E-state index in [1.54, 1.807) is 0 Å². The lowest BCUT2D eigenvalue weighted by Crippen LogP contribution is -2.12. The number of thiazole rings is 1. The van der Waals surface area contributed by atoms with Gasteiger partial charge in [0.05, 0.1) is 23.8 Å². The molecule has 1 aliphatic rings. The number of rotatable bonds is 2. The maximum atomic E-state index is 13.1. The number of carbonyl (C=O) groups excluding carboxylic acids is 1. The summed E-state index contributed by atoms with van der Waals surface area (Å²) in [7, 11) is 0. The van der Waals surface area contributed by atoms with E-state index in [0.717, 1.165) is 22.7 Å². The molecule has 104 valence electrons. The molecular weight excluding hydrogens is 286 g/mol. The molecule has 1 aliphatic heterocycles. The Hall–Kier alpha value is -1.86. The van der Waals surface area contributed by atoms with Crippen LogP contribution in [0.2, 0.25) is 0 Å². The van der Waals surface area contributed by atoms with Crippen LogP contribution in [0.15, 0.2) is 18.2 Å². The molecule has 0 saturated heterocycles. The van der Waals surface area contributed by atoms with Crippen molar-refractivity contribution in [3.8, 4) is 0 Å². The normalized spacial score (nSPS) is 13.9. The van der Waals surface area contributed by atoms with Gasteiger partial charge in [-0.3, -0.25) is 10.1 Å². The number of carbonyl (C=O) groups is 1. The van der Waals surface area contributed by atoms with Crippen LogP contribution in [0.1, 0.15) is 20.9 Å². The third-order valence-electron chi connectivity index (χ3n) is 2.90. The third-order valence-corrected chi connectivity index (χ3v) is 3.88. The highest BCUT2D eigenvalue weighted by molar-refractivity contribution is 7.15. The summed E-state index contributed by atoms with van der Waals surface area (Å²) < 4.78 is 31.2. The number of fused-ring (bicyclic) bond motifs is 1. The molecule has 1 aromatic heterocycles. The highest BCUT2D eigenvalue weighted by atomic mass is 32.1. The summed E-state index contributed by atoms with van der Waals surface area (Å²) >= 11 is 1.33. The zero-order valence-electron chi connectivity index (χ0n) is 10.3. The molecule has 4 nitrogen and oxygen atoms in total. The summed E-state index contributed by atoms with van der Waals surface area (Å²) in [6.07, 6.45) is 0.715. The first-order valence-corrected chi connectivity index (χ1v) is 6.78. The Bertz CT molecular complexity index is 649. The van der Waals surface area contributed by atoms with Crippen molar-refractivity contribution < 1.29 is 18.3 Å². The largest absolute Gasteiger partial charge is 0.375 e. The number of hydrogen-bond donors (Lipinski definition) is 1. The minimum Gasteiger partial charge on any atom is -0.375 e. The second-order valence-corrected chi connectivity index (χ2v) is 5.36. The first-order valence-electron chi connectivity index (χ1n) is 5.96. The minimum atomic E-state index is -1.05. The topological polar surface area (TPSA) is 51.2 Å². The molecule has 2 aromatic rings. The van der Waals surface area contributed by atoms with E-state index < -0.39 is 17.5 Å². The average molecular weight is 296 g/mol. The molecule has 1 aromatic carbocycles. The van der Waals surface area contributed by atoms with Gasteiger partial charge in [-0.1, -0.05) is 11.3 Å². The molecule has 0 saturated carbocycles. The molecule has 1 N–H and O–H groups in total. The van der Waals surface area contributed by atoms with E-state index >= 15 is 0 Å². The first kappa shape index (κ1) is 13.1. The smallest absolute Gasteiger partial charge is 0.257 e. The van der Waals surface area contributed by atoms with Crippen molar-refractivity contribution in [2.75, 3.05) is 11.9 Å². The number of nitrogens with one attached hydrogen (secondary N) is 1. The lowest BCUT2D eigenvalue weighted by molar-refractivity contribution is 0.102. The predicted molar refractivity (Wildman–Crippen MR) is 69.8 cm³/mol. The molecule has 0 fully saturated rings. The van der Waals surface area contributed by atoms with Crippen LogP contribution in [0, 0.1) is 11.6 Å². The third kappa shape index (κ3) is 2.54. The maximum absolute atomic E-state index is 13.1. The molecule has 7 heteroatoms. The number of aromatic nitrogens is 1. The Balaban J connectivity index is 1.78. The molecule has 20 heavy (non-hydrogen) atoms. The number of amides is 1. The van der Waals surface area contributed by atoms with Gasteiger partial charge in [0.15, 0.2) is 16.8 Å². The van der Waals surface area contributed by atoms with Gasteiger partial charge in [-0.25, -0.2) is 13.8 Å². The van der Waals surface area contributed by atoms with E-state index in [2.05, 4.69) is 10.3 Å². The molecule has 3 rings (SSSR count). The Labute approximate surface area is 117 Å². The summed E-state index contributed by atoms with van der Waals surface area (Å²) in [4.78, 5) is 17.2. The van der Waals surface area contributed by atoms with E-state index in [1.165, 1.54) is 17.4 Å². The lowest BCUT2D eigenvalue weighted by atomic mass is 10.2. The fourth-order valence-corrected chi connectivity index (χ4v) is 2.83. The van der Waals surface area contributed by atoms with E-state index in [-0.39, 0.29) is 5.56 Å². The first-order chi connectivity index (χ1) is 9.63. The Morgan fingerprint density at radius 3 is 2.95 bits per heavy atom. The van der Waals surface area contributed by atoms with Gasteiger partial charge in [-0.2, -0.15) is 0 Å². The van der Waals surface area contributed by atoms with Gasteiger partial charge in [-0.15, -0.1) is 0 Å². The minimum absolute atomic E-state index is 0.0494. The van der Waals surface area contributed by atoms with Crippen LogP contribution < -0.4 is 5.32 Å². The molecule has 0 spiro atoms. The second-order valence-electron chi connectivity index (χ2n) is 4.27. The van der Waals surface area contributed by atoms with E-state index in [4.69, 9.17) is 4.74 Å². The van der Waals surface area contributed by atoms with Crippen molar-refractivity contribution in [1.82, 2.24) is 4.98 Å². The summed E-state index contributed by atoms with van der Waals surface area (Å²) in [5, 5.41) is 3.03. The molecule has 0 aliphatic carbocycles.